The number of hydrogen-bond acceptors (Lipinski definition) is 4. The Morgan fingerprint density at radius 3 is 2.67 bits per heavy atom. The SMILES string of the molecule is O=C(O)[C@H]1Cc2c([nH]c3ccccc23)[C@@H](c2ccc3c(c2)OCO3)N1C(=O)C(Cl)Cl. The molecule has 0 saturated carbocycles. The highest BCUT2D eigenvalue weighted by Gasteiger charge is 2.45. The zero-order valence-electron chi connectivity index (χ0n) is 15.5. The highest BCUT2D eigenvalue weighted by molar-refractivity contribution is 6.53. The largest absolute Gasteiger partial charge is 0.480 e. The first kappa shape index (κ1) is 19.1. The van der Waals surface area contributed by atoms with Crippen molar-refractivity contribution in [2.45, 2.75) is 23.3 Å². The number of aromatic nitrogens is 1. The van der Waals surface area contributed by atoms with Crippen molar-refractivity contribution in [3.05, 3.63) is 59.3 Å². The number of carboxylic acids is 1. The molecule has 3 aromatic rings. The minimum absolute atomic E-state index is 0.104. The van der Waals surface area contributed by atoms with E-state index in [1.165, 1.54) is 4.90 Å². The predicted octanol–water partition coefficient (Wildman–Crippen LogP) is 3.63. The number of carbonyl (C=O) groups is 2. The normalized spacial score (nSPS) is 19.9. The molecule has 9 heteroatoms. The average Bonchev–Trinajstić information content (AvgIpc) is 3.35. The van der Waals surface area contributed by atoms with Crippen molar-refractivity contribution in [3.63, 3.8) is 0 Å². The van der Waals surface area contributed by atoms with Crippen LogP contribution in [0, 0.1) is 0 Å². The Kier molecular flexibility index (Phi) is 4.52. The van der Waals surface area contributed by atoms with E-state index in [1.807, 2.05) is 24.3 Å². The van der Waals surface area contributed by atoms with Gasteiger partial charge in [0.05, 0.1) is 6.04 Å². The summed E-state index contributed by atoms with van der Waals surface area (Å²) >= 11 is 11.8. The molecular formula is C21H16Cl2N2O5. The van der Waals surface area contributed by atoms with Crippen LogP contribution in [0.15, 0.2) is 42.5 Å². The van der Waals surface area contributed by atoms with Gasteiger partial charge in [-0.05, 0) is 29.3 Å². The van der Waals surface area contributed by atoms with E-state index in [4.69, 9.17) is 32.7 Å². The van der Waals surface area contributed by atoms with Gasteiger partial charge in [0.15, 0.2) is 16.3 Å². The van der Waals surface area contributed by atoms with Crippen LogP contribution in [0.1, 0.15) is 22.9 Å². The molecule has 3 heterocycles. The van der Waals surface area contributed by atoms with Gasteiger partial charge in [-0.2, -0.15) is 0 Å². The van der Waals surface area contributed by atoms with E-state index in [2.05, 4.69) is 4.98 Å². The summed E-state index contributed by atoms with van der Waals surface area (Å²) in [4.78, 5) is 28.4. The van der Waals surface area contributed by atoms with Crippen LogP contribution < -0.4 is 9.47 Å². The Hall–Kier alpha value is -2.90. The molecule has 1 amide bonds. The third-order valence-electron chi connectivity index (χ3n) is 5.57. The van der Waals surface area contributed by atoms with Gasteiger partial charge in [0.2, 0.25) is 6.79 Å². The fraction of sp³-hybridized carbons (Fsp3) is 0.238. The Morgan fingerprint density at radius 2 is 1.90 bits per heavy atom. The fourth-order valence-corrected chi connectivity index (χ4v) is 4.52. The quantitative estimate of drug-likeness (QED) is 0.599. The van der Waals surface area contributed by atoms with E-state index in [1.54, 1.807) is 18.2 Å². The molecule has 2 aliphatic rings. The van der Waals surface area contributed by atoms with Crippen molar-refractivity contribution in [2.24, 2.45) is 0 Å². The number of aromatic amines is 1. The molecule has 1 aromatic heterocycles. The van der Waals surface area contributed by atoms with Gasteiger partial charge in [-0.15, -0.1) is 0 Å². The molecule has 2 aliphatic heterocycles. The summed E-state index contributed by atoms with van der Waals surface area (Å²) in [5, 5.41) is 10.9. The summed E-state index contributed by atoms with van der Waals surface area (Å²) in [6, 6.07) is 11.1. The lowest BCUT2D eigenvalue weighted by atomic mass is 9.87. The first-order valence-corrected chi connectivity index (χ1v) is 10.1. The molecule has 0 fully saturated rings. The monoisotopic (exact) mass is 446 g/mol. The number of halogens is 2. The summed E-state index contributed by atoms with van der Waals surface area (Å²) in [6.45, 7) is 0.104. The van der Waals surface area contributed by atoms with Crippen LogP contribution in [0.5, 0.6) is 11.5 Å². The van der Waals surface area contributed by atoms with Gasteiger partial charge in [-0.3, -0.25) is 4.79 Å². The van der Waals surface area contributed by atoms with Gasteiger partial charge in [0, 0.05) is 23.0 Å². The van der Waals surface area contributed by atoms with Crippen LogP contribution in [0.4, 0.5) is 0 Å². The summed E-state index contributed by atoms with van der Waals surface area (Å²) in [5.41, 5.74) is 3.11. The zero-order chi connectivity index (χ0) is 21.0. The second-order valence-electron chi connectivity index (χ2n) is 7.18. The molecule has 30 heavy (non-hydrogen) atoms. The molecular weight excluding hydrogens is 431 g/mol. The number of H-pyrrole nitrogens is 1. The van der Waals surface area contributed by atoms with Crippen molar-refractivity contribution < 1.29 is 24.2 Å². The standard InChI is InChI=1S/C21H16Cl2N2O5/c22-19(23)20(26)25-14(21(27)28)8-12-11-3-1-2-4-13(11)24-17(12)18(25)10-5-6-15-16(7-10)30-9-29-15/h1-7,14,18-19,24H,8-9H2,(H,27,28)/t14-,18-/m1/s1. The van der Waals surface area contributed by atoms with E-state index < -0.39 is 28.8 Å². The molecule has 0 spiro atoms. The van der Waals surface area contributed by atoms with Gasteiger partial charge in [0.25, 0.3) is 5.91 Å². The number of carbonyl (C=O) groups excluding carboxylic acids is 1. The number of alkyl halides is 2. The Balaban J connectivity index is 1.76. The number of para-hydroxylation sites is 1. The van der Waals surface area contributed by atoms with Gasteiger partial charge < -0.3 is 24.5 Å². The van der Waals surface area contributed by atoms with E-state index in [0.717, 1.165) is 22.2 Å². The van der Waals surface area contributed by atoms with Crippen LogP contribution in [0.3, 0.4) is 0 Å². The van der Waals surface area contributed by atoms with Gasteiger partial charge in [0.1, 0.15) is 6.04 Å². The number of benzene rings is 2. The number of amides is 1. The smallest absolute Gasteiger partial charge is 0.326 e. The third kappa shape index (κ3) is 2.88. The Labute approximate surface area is 181 Å². The maximum atomic E-state index is 13.0. The summed E-state index contributed by atoms with van der Waals surface area (Å²) in [6.07, 6.45) is 0.141. The lowest BCUT2D eigenvalue weighted by molar-refractivity contribution is -0.151. The molecule has 0 aliphatic carbocycles. The fourth-order valence-electron chi connectivity index (χ4n) is 4.30. The topological polar surface area (TPSA) is 91.9 Å². The number of carboxylic acid groups (broad SMARTS) is 1. The third-order valence-corrected chi connectivity index (χ3v) is 5.94. The number of rotatable bonds is 3. The van der Waals surface area contributed by atoms with Gasteiger partial charge >= 0.3 is 5.97 Å². The second kappa shape index (κ2) is 7.11. The molecule has 2 N–H and O–H groups in total. The number of nitrogens with zero attached hydrogens (tertiary/aromatic N) is 1. The molecule has 0 bridgehead atoms. The van der Waals surface area contributed by atoms with Gasteiger partial charge in [-0.25, -0.2) is 4.79 Å². The zero-order valence-corrected chi connectivity index (χ0v) is 17.0. The lowest BCUT2D eigenvalue weighted by Crippen LogP contribution is -2.53. The van der Waals surface area contributed by atoms with Gasteiger partial charge in [-0.1, -0.05) is 47.5 Å². The Bertz CT molecular complexity index is 1180. The van der Waals surface area contributed by atoms with Crippen LogP contribution in [-0.4, -0.2) is 44.5 Å². The van der Waals surface area contributed by atoms with Crippen molar-refractivity contribution >= 4 is 46.0 Å². The highest BCUT2D eigenvalue weighted by atomic mass is 35.5. The molecule has 5 rings (SSSR count). The highest BCUT2D eigenvalue weighted by Crippen LogP contribution is 2.44. The Morgan fingerprint density at radius 1 is 1.13 bits per heavy atom. The maximum absolute atomic E-state index is 13.0. The van der Waals surface area contributed by atoms with E-state index in [-0.39, 0.29) is 13.2 Å². The minimum Gasteiger partial charge on any atom is -0.480 e. The molecule has 2 atom stereocenters. The summed E-state index contributed by atoms with van der Waals surface area (Å²) in [5.74, 6) is -0.674. The molecule has 0 saturated heterocycles. The number of nitrogens with one attached hydrogen (secondary N) is 1. The maximum Gasteiger partial charge on any atom is 0.326 e. The van der Waals surface area contributed by atoms with E-state index in [9.17, 15) is 14.7 Å². The minimum atomic E-state index is -1.39. The number of aliphatic carboxylic acids is 1. The van der Waals surface area contributed by atoms with Crippen molar-refractivity contribution in [2.75, 3.05) is 6.79 Å². The van der Waals surface area contributed by atoms with Crippen LogP contribution in [0.2, 0.25) is 0 Å². The number of fused-ring (bicyclic) bond motifs is 4. The van der Waals surface area contributed by atoms with Crippen LogP contribution in [0.25, 0.3) is 10.9 Å². The summed E-state index contributed by atoms with van der Waals surface area (Å²) < 4.78 is 10.9. The van der Waals surface area contributed by atoms with Crippen molar-refractivity contribution in [1.82, 2.24) is 9.88 Å². The van der Waals surface area contributed by atoms with Crippen molar-refractivity contribution in [3.8, 4) is 11.5 Å². The lowest BCUT2D eigenvalue weighted by Gasteiger charge is -2.40. The van der Waals surface area contributed by atoms with Crippen LogP contribution >= 0.6 is 23.2 Å². The molecule has 0 radical (unpaired) electrons. The number of ether oxygens (including phenoxy) is 2. The molecule has 2 aromatic carbocycles. The van der Waals surface area contributed by atoms with E-state index in [0.29, 0.717) is 17.1 Å². The van der Waals surface area contributed by atoms with E-state index >= 15 is 0 Å². The number of hydrogen-bond donors (Lipinski definition) is 2. The first-order valence-electron chi connectivity index (χ1n) is 9.28. The molecule has 154 valence electrons. The van der Waals surface area contributed by atoms with Crippen molar-refractivity contribution in [1.29, 1.82) is 0 Å². The average molecular weight is 447 g/mol. The predicted molar refractivity (Wildman–Crippen MR) is 110 cm³/mol. The molecule has 0 unspecified atom stereocenters. The molecule has 7 nitrogen and oxygen atoms in total. The van der Waals surface area contributed by atoms with Crippen LogP contribution in [-0.2, 0) is 16.0 Å². The summed E-state index contributed by atoms with van der Waals surface area (Å²) in [7, 11) is 0. The first-order chi connectivity index (χ1) is 14.5. The second-order valence-corrected chi connectivity index (χ2v) is 8.28.